The van der Waals surface area contributed by atoms with Gasteiger partial charge in [0.25, 0.3) is 0 Å². The van der Waals surface area contributed by atoms with Gasteiger partial charge in [-0.15, -0.1) is 0 Å². The topological polar surface area (TPSA) is 43.8 Å². The number of amides is 1. The SMILES string of the molecule is O=C(CCC1CCCCC1)N1CCN(c2ccccc2O)CC1. The number of hydrogen-bond donors (Lipinski definition) is 1. The fourth-order valence-electron chi connectivity index (χ4n) is 3.89. The number of carbonyl (C=O) groups is 1. The minimum Gasteiger partial charge on any atom is -0.506 e. The standard InChI is InChI=1S/C19H28N2O2/c22-18-9-5-4-8-17(18)20-12-14-21(15-13-20)19(23)11-10-16-6-2-1-3-7-16/h4-5,8-9,16,22H,1-3,6-7,10-15H2. The summed E-state index contributed by atoms with van der Waals surface area (Å²) in [6.07, 6.45) is 8.47. The van der Waals surface area contributed by atoms with Crippen LogP contribution >= 0.6 is 0 Å². The van der Waals surface area contributed by atoms with Gasteiger partial charge >= 0.3 is 0 Å². The molecule has 0 unspecified atom stereocenters. The molecule has 2 aliphatic rings. The van der Waals surface area contributed by atoms with Gasteiger partial charge in [0.2, 0.25) is 5.91 Å². The first-order valence-corrected chi connectivity index (χ1v) is 9.05. The maximum atomic E-state index is 12.4. The molecule has 4 nitrogen and oxygen atoms in total. The number of aromatic hydroxyl groups is 1. The summed E-state index contributed by atoms with van der Waals surface area (Å²) in [6, 6.07) is 7.44. The number of phenols is 1. The number of rotatable bonds is 4. The van der Waals surface area contributed by atoms with E-state index in [4.69, 9.17) is 0 Å². The number of carbonyl (C=O) groups excluding carboxylic acids is 1. The molecule has 0 bridgehead atoms. The molecule has 0 spiro atoms. The molecule has 3 rings (SSSR count). The molecular weight excluding hydrogens is 288 g/mol. The fourth-order valence-corrected chi connectivity index (χ4v) is 3.89. The first-order valence-electron chi connectivity index (χ1n) is 9.05. The van der Waals surface area contributed by atoms with Crippen LogP contribution in [0.4, 0.5) is 5.69 Å². The number of piperazine rings is 1. The van der Waals surface area contributed by atoms with Gasteiger partial charge in [-0.05, 0) is 24.5 Å². The molecule has 0 atom stereocenters. The van der Waals surface area contributed by atoms with Gasteiger partial charge in [0, 0.05) is 32.6 Å². The van der Waals surface area contributed by atoms with Crippen LogP contribution in [-0.4, -0.2) is 42.1 Å². The van der Waals surface area contributed by atoms with Crippen LogP contribution < -0.4 is 4.90 Å². The summed E-state index contributed by atoms with van der Waals surface area (Å²) in [5, 5.41) is 9.94. The minimum absolute atomic E-state index is 0.313. The van der Waals surface area contributed by atoms with E-state index >= 15 is 0 Å². The van der Waals surface area contributed by atoms with Gasteiger partial charge in [-0.25, -0.2) is 0 Å². The van der Waals surface area contributed by atoms with Crippen molar-refractivity contribution < 1.29 is 9.90 Å². The van der Waals surface area contributed by atoms with Crippen LogP contribution in [0.5, 0.6) is 5.75 Å². The van der Waals surface area contributed by atoms with E-state index in [0.717, 1.165) is 44.2 Å². The highest BCUT2D eigenvalue weighted by Crippen LogP contribution is 2.29. The molecule has 1 aromatic rings. The van der Waals surface area contributed by atoms with E-state index in [1.54, 1.807) is 6.07 Å². The first-order chi connectivity index (χ1) is 11.2. The van der Waals surface area contributed by atoms with Crippen LogP contribution in [0.25, 0.3) is 0 Å². The maximum Gasteiger partial charge on any atom is 0.222 e. The second-order valence-corrected chi connectivity index (χ2v) is 6.90. The number of benzene rings is 1. The number of phenolic OH excluding ortho intramolecular Hbond substituents is 1. The lowest BCUT2D eigenvalue weighted by Crippen LogP contribution is -2.48. The predicted molar refractivity (Wildman–Crippen MR) is 92.7 cm³/mol. The highest BCUT2D eigenvalue weighted by Gasteiger charge is 2.23. The molecule has 1 aliphatic heterocycles. The number of para-hydroxylation sites is 2. The van der Waals surface area contributed by atoms with Gasteiger partial charge < -0.3 is 14.9 Å². The Morgan fingerprint density at radius 2 is 1.74 bits per heavy atom. The van der Waals surface area contributed by atoms with Crippen molar-refractivity contribution in [1.29, 1.82) is 0 Å². The second kappa shape index (κ2) is 7.71. The van der Waals surface area contributed by atoms with Crippen LogP contribution in [0, 0.1) is 5.92 Å². The van der Waals surface area contributed by atoms with E-state index in [1.807, 2.05) is 23.1 Å². The highest BCUT2D eigenvalue weighted by molar-refractivity contribution is 5.76. The maximum absolute atomic E-state index is 12.4. The van der Waals surface area contributed by atoms with Crippen LogP contribution in [0.2, 0.25) is 0 Å². The Morgan fingerprint density at radius 1 is 1.04 bits per heavy atom. The summed E-state index contributed by atoms with van der Waals surface area (Å²) in [7, 11) is 0. The number of nitrogens with zero attached hydrogens (tertiary/aromatic N) is 2. The van der Waals surface area contributed by atoms with Gasteiger partial charge in [-0.2, -0.15) is 0 Å². The Kier molecular flexibility index (Phi) is 5.42. The molecule has 23 heavy (non-hydrogen) atoms. The van der Waals surface area contributed by atoms with Gasteiger partial charge in [0.05, 0.1) is 5.69 Å². The molecule has 0 radical (unpaired) electrons. The third-order valence-electron chi connectivity index (χ3n) is 5.35. The molecule has 1 N–H and O–H groups in total. The van der Waals surface area contributed by atoms with Crippen LogP contribution in [0.3, 0.4) is 0 Å². The summed E-state index contributed by atoms with van der Waals surface area (Å²) in [6.45, 7) is 3.12. The minimum atomic E-state index is 0.313. The fraction of sp³-hybridized carbons (Fsp3) is 0.632. The van der Waals surface area contributed by atoms with Crippen LogP contribution in [-0.2, 0) is 4.79 Å². The second-order valence-electron chi connectivity index (χ2n) is 6.90. The quantitative estimate of drug-likeness (QED) is 0.926. The molecule has 1 saturated carbocycles. The lowest BCUT2D eigenvalue weighted by molar-refractivity contribution is -0.131. The molecule has 0 aromatic heterocycles. The third kappa shape index (κ3) is 4.18. The third-order valence-corrected chi connectivity index (χ3v) is 5.35. The van der Waals surface area contributed by atoms with Crippen LogP contribution in [0.1, 0.15) is 44.9 Å². The van der Waals surface area contributed by atoms with Crippen LogP contribution in [0.15, 0.2) is 24.3 Å². The summed E-state index contributed by atoms with van der Waals surface area (Å²) in [5.74, 6) is 1.41. The zero-order valence-corrected chi connectivity index (χ0v) is 13.9. The van der Waals surface area contributed by atoms with Crippen molar-refractivity contribution in [3.8, 4) is 5.75 Å². The average molecular weight is 316 g/mol. The Hall–Kier alpha value is -1.71. The van der Waals surface area contributed by atoms with E-state index in [0.29, 0.717) is 18.1 Å². The smallest absolute Gasteiger partial charge is 0.222 e. The van der Waals surface area contributed by atoms with E-state index in [2.05, 4.69) is 4.90 Å². The van der Waals surface area contributed by atoms with Crippen molar-refractivity contribution in [3.63, 3.8) is 0 Å². The Labute approximate surface area is 139 Å². The van der Waals surface area contributed by atoms with E-state index in [9.17, 15) is 9.90 Å². The van der Waals surface area contributed by atoms with E-state index < -0.39 is 0 Å². The normalized spacial score (nSPS) is 19.8. The zero-order chi connectivity index (χ0) is 16.1. The van der Waals surface area contributed by atoms with Gasteiger partial charge in [0.1, 0.15) is 5.75 Å². The summed E-state index contributed by atoms with van der Waals surface area (Å²) in [5.41, 5.74) is 0.877. The van der Waals surface area contributed by atoms with Gasteiger partial charge in [-0.3, -0.25) is 4.79 Å². The molecule has 4 heteroatoms. The first kappa shape index (κ1) is 16.2. The molecule has 1 saturated heterocycles. The van der Waals surface area contributed by atoms with E-state index in [-0.39, 0.29) is 0 Å². The molecular formula is C19H28N2O2. The highest BCUT2D eigenvalue weighted by atomic mass is 16.3. The molecule has 1 aromatic carbocycles. The Morgan fingerprint density at radius 3 is 2.43 bits per heavy atom. The van der Waals surface area contributed by atoms with Crippen molar-refractivity contribution in [2.24, 2.45) is 5.92 Å². The Bertz CT molecular complexity index is 518. The summed E-state index contributed by atoms with van der Waals surface area (Å²) >= 11 is 0. The lowest BCUT2D eigenvalue weighted by atomic mass is 9.86. The van der Waals surface area contributed by atoms with Crippen molar-refractivity contribution >= 4 is 11.6 Å². The molecule has 1 amide bonds. The van der Waals surface area contributed by atoms with E-state index in [1.165, 1.54) is 32.1 Å². The van der Waals surface area contributed by atoms with Gasteiger partial charge in [0.15, 0.2) is 0 Å². The zero-order valence-electron chi connectivity index (χ0n) is 13.9. The number of hydrogen-bond acceptors (Lipinski definition) is 3. The Balaban J connectivity index is 1.45. The van der Waals surface area contributed by atoms with Crippen molar-refractivity contribution in [3.05, 3.63) is 24.3 Å². The summed E-state index contributed by atoms with van der Waals surface area (Å²) in [4.78, 5) is 16.6. The van der Waals surface area contributed by atoms with Crippen molar-refractivity contribution in [2.75, 3.05) is 31.1 Å². The summed E-state index contributed by atoms with van der Waals surface area (Å²) < 4.78 is 0. The average Bonchev–Trinajstić information content (AvgIpc) is 2.61. The van der Waals surface area contributed by atoms with Gasteiger partial charge in [-0.1, -0.05) is 44.2 Å². The van der Waals surface area contributed by atoms with Crippen molar-refractivity contribution in [1.82, 2.24) is 4.90 Å². The molecule has 1 aliphatic carbocycles. The van der Waals surface area contributed by atoms with Crippen molar-refractivity contribution in [2.45, 2.75) is 44.9 Å². The largest absolute Gasteiger partial charge is 0.506 e. The molecule has 126 valence electrons. The molecule has 1 heterocycles. The number of anilines is 1. The monoisotopic (exact) mass is 316 g/mol. The lowest BCUT2D eigenvalue weighted by Gasteiger charge is -2.36. The molecule has 2 fully saturated rings. The predicted octanol–water partition coefficient (Wildman–Crippen LogP) is 3.40.